The van der Waals surface area contributed by atoms with E-state index in [-0.39, 0.29) is 12.4 Å². The van der Waals surface area contributed by atoms with E-state index in [0.29, 0.717) is 17.9 Å². The van der Waals surface area contributed by atoms with Crippen LogP contribution in [0.15, 0.2) is 42.5 Å². The fourth-order valence-corrected chi connectivity index (χ4v) is 3.53. The van der Waals surface area contributed by atoms with E-state index >= 15 is 0 Å². The molecule has 0 amide bonds. The predicted octanol–water partition coefficient (Wildman–Crippen LogP) is 3.07. The predicted molar refractivity (Wildman–Crippen MR) is 113 cm³/mol. The first-order chi connectivity index (χ1) is 13.4. The Balaban J connectivity index is 1.47. The van der Waals surface area contributed by atoms with Gasteiger partial charge in [-0.25, -0.2) is 0 Å². The quantitative estimate of drug-likeness (QED) is 0.746. The van der Waals surface area contributed by atoms with Crippen molar-refractivity contribution in [3.05, 3.63) is 59.2 Å². The minimum atomic E-state index is -0.591. The molecule has 1 atom stereocenters. The number of aliphatic hydroxyl groups excluding tert-OH is 1. The molecule has 0 aliphatic carbocycles. The van der Waals surface area contributed by atoms with E-state index in [1.807, 2.05) is 19.1 Å². The molecule has 1 saturated heterocycles. The van der Waals surface area contributed by atoms with Gasteiger partial charge in [0.2, 0.25) is 0 Å². The molecule has 1 aliphatic rings. The zero-order chi connectivity index (χ0) is 20.1. The van der Waals surface area contributed by atoms with Crippen molar-refractivity contribution in [3.63, 3.8) is 0 Å². The third-order valence-electron chi connectivity index (χ3n) is 5.19. The molecular formula is C23H30N2O3. The van der Waals surface area contributed by atoms with Gasteiger partial charge in [0.05, 0.1) is 5.56 Å². The van der Waals surface area contributed by atoms with Crippen LogP contribution in [0.2, 0.25) is 0 Å². The fourth-order valence-electron chi connectivity index (χ4n) is 3.53. The number of carbonyl (C=O) groups excluding carboxylic acids is 1. The monoisotopic (exact) mass is 382 g/mol. The molecule has 0 radical (unpaired) electrons. The maximum Gasteiger partial charge on any atom is 0.163 e. The van der Waals surface area contributed by atoms with Crippen LogP contribution in [0.5, 0.6) is 5.75 Å². The van der Waals surface area contributed by atoms with Gasteiger partial charge < -0.3 is 14.7 Å². The van der Waals surface area contributed by atoms with Gasteiger partial charge >= 0.3 is 0 Å². The Labute approximate surface area is 167 Å². The number of ketones is 1. The number of anilines is 1. The van der Waals surface area contributed by atoms with E-state index in [4.69, 9.17) is 4.74 Å². The molecule has 1 heterocycles. The number of ether oxygens (including phenoxy) is 1. The van der Waals surface area contributed by atoms with Gasteiger partial charge in [-0.05, 0) is 45.0 Å². The third-order valence-corrected chi connectivity index (χ3v) is 5.19. The number of carbonyl (C=O) groups is 1. The Morgan fingerprint density at radius 1 is 1.04 bits per heavy atom. The van der Waals surface area contributed by atoms with Crippen LogP contribution in [0.25, 0.3) is 0 Å². The zero-order valence-corrected chi connectivity index (χ0v) is 17.0. The van der Waals surface area contributed by atoms with Crippen molar-refractivity contribution in [1.29, 1.82) is 0 Å². The molecule has 0 unspecified atom stereocenters. The summed E-state index contributed by atoms with van der Waals surface area (Å²) in [6, 6.07) is 14.2. The maximum absolute atomic E-state index is 11.8. The molecule has 1 aliphatic heterocycles. The molecule has 5 nitrogen and oxygen atoms in total. The van der Waals surface area contributed by atoms with Crippen LogP contribution in [-0.4, -0.2) is 61.2 Å². The van der Waals surface area contributed by atoms with Crippen LogP contribution < -0.4 is 9.64 Å². The molecule has 28 heavy (non-hydrogen) atoms. The molecule has 0 spiro atoms. The lowest BCUT2D eigenvalue weighted by atomic mass is 10.1. The molecule has 2 aromatic carbocycles. The maximum atomic E-state index is 11.8. The zero-order valence-electron chi connectivity index (χ0n) is 17.0. The normalized spacial score (nSPS) is 16.1. The minimum Gasteiger partial charge on any atom is -0.490 e. The van der Waals surface area contributed by atoms with E-state index in [0.717, 1.165) is 31.7 Å². The average Bonchev–Trinajstić information content (AvgIpc) is 2.68. The van der Waals surface area contributed by atoms with Crippen LogP contribution >= 0.6 is 0 Å². The Morgan fingerprint density at radius 3 is 2.32 bits per heavy atom. The van der Waals surface area contributed by atoms with E-state index in [1.54, 1.807) is 6.07 Å². The Morgan fingerprint density at radius 2 is 1.68 bits per heavy atom. The number of aryl methyl sites for hydroxylation is 2. The van der Waals surface area contributed by atoms with Crippen molar-refractivity contribution in [2.24, 2.45) is 0 Å². The molecule has 0 saturated carbocycles. The highest BCUT2D eigenvalue weighted by atomic mass is 16.5. The molecule has 0 aromatic heterocycles. The Hall–Kier alpha value is -2.37. The molecule has 3 rings (SSSR count). The highest BCUT2D eigenvalue weighted by Gasteiger charge is 2.20. The first-order valence-electron chi connectivity index (χ1n) is 9.89. The molecule has 1 fully saturated rings. The van der Waals surface area contributed by atoms with Gasteiger partial charge in [-0.1, -0.05) is 29.3 Å². The van der Waals surface area contributed by atoms with Gasteiger partial charge in [0, 0.05) is 38.4 Å². The molecule has 2 aromatic rings. The van der Waals surface area contributed by atoms with Gasteiger partial charge in [0.15, 0.2) is 5.78 Å². The van der Waals surface area contributed by atoms with Crippen molar-refractivity contribution < 1.29 is 14.6 Å². The highest BCUT2D eigenvalue weighted by Crippen LogP contribution is 2.21. The molecule has 5 heteroatoms. The highest BCUT2D eigenvalue weighted by molar-refractivity contribution is 5.97. The van der Waals surface area contributed by atoms with Gasteiger partial charge in [-0.3, -0.25) is 9.69 Å². The third kappa shape index (κ3) is 5.33. The summed E-state index contributed by atoms with van der Waals surface area (Å²) >= 11 is 0. The van der Waals surface area contributed by atoms with Crippen molar-refractivity contribution >= 4 is 11.5 Å². The summed E-state index contributed by atoms with van der Waals surface area (Å²) in [5.74, 6) is 0.516. The Kier molecular flexibility index (Phi) is 6.70. The topological polar surface area (TPSA) is 53.0 Å². The summed E-state index contributed by atoms with van der Waals surface area (Å²) < 4.78 is 5.75. The van der Waals surface area contributed by atoms with Crippen LogP contribution in [0.1, 0.15) is 28.4 Å². The molecular weight excluding hydrogens is 352 g/mol. The van der Waals surface area contributed by atoms with Crippen LogP contribution in [-0.2, 0) is 0 Å². The summed E-state index contributed by atoms with van der Waals surface area (Å²) in [5.41, 5.74) is 4.11. The lowest BCUT2D eigenvalue weighted by Crippen LogP contribution is -2.49. The van der Waals surface area contributed by atoms with Crippen molar-refractivity contribution in [1.82, 2.24) is 4.90 Å². The minimum absolute atomic E-state index is 0.0274. The summed E-state index contributed by atoms with van der Waals surface area (Å²) in [7, 11) is 0. The summed E-state index contributed by atoms with van der Waals surface area (Å²) in [5, 5.41) is 10.4. The number of Topliss-reactive ketones (excluding diaryl/α,β-unsaturated/α-hetero) is 1. The van der Waals surface area contributed by atoms with Gasteiger partial charge in [0.1, 0.15) is 18.5 Å². The summed E-state index contributed by atoms with van der Waals surface area (Å²) in [6.45, 7) is 10.0. The second kappa shape index (κ2) is 9.22. The number of hydrogen-bond acceptors (Lipinski definition) is 5. The SMILES string of the molecule is CC(=O)c1cc(C)ccc1OC[C@H](O)CN1CCN(c2ccc(C)cc2)CC1. The summed E-state index contributed by atoms with van der Waals surface area (Å²) in [6.07, 6.45) is -0.591. The van der Waals surface area contributed by atoms with E-state index in [1.165, 1.54) is 18.2 Å². The first kappa shape index (κ1) is 20.4. The number of β-amino-alcohol motifs (C(OH)–C–C–N with tert-alkyl or cyclic N) is 1. The van der Waals surface area contributed by atoms with Crippen molar-refractivity contribution in [3.8, 4) is 5.75 Å². The lowest BCUT2D eigenvalue weighted by Gasteiger charge is -2.37. The van der Waals surface area contributed by atoms with E-state index < -0.39 is 6.10 Å². The standard InChI is InChI=1S/C23H30N2O3/c1-17-4-7-20(8-5-17)25-12-10-24(11-13-25)15-21(27)16-28-23-9-6-18(2)14-22(23)19(3)26/h4-9,14,21,27H,10-13,15-16H2,1-3H3/t21-/m1/s1. The number of piperazine rings is 1. The average molecular weight is 383 g/mol. The fraction of sp³-hybridized carbons (Fsp3) is 0.435. The largest absolute Gasteiger partial charge is 0.490 e. The number of nitrogens with zero attached hydrogens (tertiary/aromatic N) is 2. The summed E-state index contributed by atoms with van der Waals surface area (Å²) in [4.78, 5) is 16.4. The molecule has 0 bridgehead atoms. The van der Waals surface area contributed by atoms with E-state index in [2.05, 4.69) is 41.0 Å². The van der Waals surface area contributed by atoms with Crippen molar-refractivity contribution in [2.75, 3.05) is 44.2 Å². The second-order valence-corrected chi connectivity index (χ2v) is 7.64. The Bertz CT molecular complexity index is 796. The number of aliphatic hydroxyl groups is 1. The first-order valence-corrected chi connectivity index (χ1v) is 9.89. The van der Waals surface area contributed by atoms with Gasteiger partial charge in [0.25, 0.3) is 0 Å². The smallest absolute Gasteiger partial charge is 0.163 e. The van der Waals surface area contributed by atoms with Crippen LogP contribution in [0.4, 0.5) is 5.69 Å². The number of benzene rings is 2. The molecule has 1 N–H and O–H groups in total. The number of hydrogen-bond donors (Lipinski definition) is 1. The van der Waals surface area contributed by atoms with Gasteiger partial charge in [-0.15, -0.1) is 0 Å². The number of rotatable bonds is 7. The van der Waals surface area contributed by atoms with Crippen molar-refractivity contribution in [2.45, 2.75) is 26.9 Å². The van der Waals surface area contributed by atoms with Gasteiger partial charge in [-0.2, -0.15) is 0 Å². The van der Waals surface area contributed by atoms with Crippen LogP contribution in [0, 0.1) is 13.8 Å². The van der Waals surface area contributed by atoms with E-state index in [9.17, 15) is 9.90 Å². The lowest BCUT2D eigenvalue weighted by molar-refractivity contribution is 0.0656. The van der Waals surface area contributed by atoms with Crippen LogP contribution in [0.3, 0.4) is 0 Å². The second-order valence-electron chi connectivity index (χ2n) is 7.64. The molecule has 150 valence electrons.